The second kappa shape index (κ2) is 7.90. The Kier molecular flexibility index (Phi) is 5.63. The number of nitrogens with one attached hydrogen (secondary N) is 1. The average molecular weight is 293 g/mol. The van der Waals surface area contributed by atoms with E-state index in [0.717, 1.165) is 31.8 Å². The molecule has 1 aromatic rings. The van der Waals surface area contributed by atoms with Crippen LogP contribution in [0.3, 0.4) is 0 Å². The molecule has 0 radical (unpaired) electrons. The SMILES string of the molecule is C1CCCC(c2noc(COC3CCNCC3)n2)CCC1. The van der Waals surface area contributed by atoms with Gasteiger partial charge in [0, 0.05) is 5.92 Å². The average Bonchev–Trinajstić information content (AvgIpc) is 2.95. The van der Waals surface area contributed by atoms with Crippen molar-refractivity contribution in [3.8, 4) is 0 Å². The number of rotatable bonds is 4. The summed E-state index contributed by atoms with van der Waals surface area (Å²) in [5, 5.41) is 7.54. The van der Waals surface area contributed by atoms with Gasteiger partial charge < -0.3 is 14.6 Å². The van der Waals surface area contributed by atoms with E-state index in [-0.39, 0.29) is 0 Å². The highest BCUT2D eigenvalue weighted by molar-refractivity contribution is 4.95. The van der Waals surface area contributed by atoms with Crippen molar-refractivity contribution < 1.29 is 9.26 Å². The Hall–Kier alpha value is -0.940. The van der Waals surface area contributed by atoms with Crippen molar-refractivity contribution in [2.75, 3.05) is 13.1 Å². The molecule has 118 valence electrons. The third kappa shape index (κ3) is 4.51. The zero-order chi connectivity index (χ0) is 14.3. The largest absolute Gasteiger partial charge is 0.368 e. The minimum absolute atomic E-state index is 0.336. The Balaban J connectivity index is 1.50. The van der Waals surface area contributed by atoms with E-state index < -0.39 is 0 Å². The highest BCUT2D eigenvalue weighted by Gasteiger charge is 2.20. The minimum atomic E-state index is 0.336. The second-order valence-corrected chi connectivity index (χ2v) is 6.35. The van der Waals surface area contributed by atoms with Crippen LogP contribution in [0.15, 0.2) is 4.52 Å². The van der Waals surface area contributed by atoms with Crippen molar-refractivity contribution in [3.63, 3.8) is 0 Å². The smallest absolute Gasteiger partial charge is 0.252 e. The van der Waals surface area contributed by atoms with Gasteiger partial charge in [0.2, 0.25) is 0 Å². The number of piperidine rings is 1. The first-order valence-corrected chi connectivity index (χ1v) is 8.56. The van der Waals surface area contributed by atoms with Gasteiger partial charge in [0.1, 0.15) is 6.61 Å². The maximum absolute atomic E-state index is 5.88. The molecule has 21 heavy (non-hydrogen) atoms. The zero-order valence-electron chi connectivity index (χ0n) is 12.9. The molecule has 0 bridgehead atoms. The number of nitrogens with zero attached hydrogens (tertiary/aromatic N) is 2. The van der Waals surface area contributed by atoms with Crippen LogP contribution in [0.2, 0.25) is 0 Å². The maximum Gasteiger partial charge on any atom is 0.252 e. The first-order chi connectivity index (χ1) is 10.4. The molecule has 1 saturated heterocycles. The molecule has 2 aliphatic rings. The van der Waals surface area contributed by atoms with E-state index in [1.807, 2.05) is 0 Å². The van der Waals surface area contributed by atoms with Crippen LogP contribution >= 0.6 is 0 Å². The standard InChI is InChI=1S/C16H27N3O2/c1-2-4-6-13(7-5-3-1)16-18-15(21-19-16)12-20-14-8-10-17-11-9-14/h13-14,17H,1-12H2. The van der Waals surface area contributed by atoms with Gasteiger partial charge in [-0.1, -0.05) is 37.3 Å². The first-order valence-electron chi connectivity index (χ1n) is 8.56. The monoisotopic (exact) mass is 293 g/mol. The predicted molar refractivity (Wildman–Crippen MR) is 80.0 cm³/mol. The van der Waals surface area contributed by atoms with Gasteiger partial charge in [-0.3, -0.25) is 0 Å². The van der Waals surface area contributed by atoms with Crippen molar-refractivity contribution in [2.45, 2.75) is 76.4 Å². The molecule has 5 nitrogen and oxygen atoms in total. The van der Waals surface area contributed by atoms with Crippen LogP contribution in [0, 0.1) is 0 Å². The summed E-state index contributed by atoms with van der Waals surface area (Å²) in [7, 11) is 0. The molecule has 1 aliphatic carbocycles. The molecule has 1 aromatic heterocycles. The molecule has 2 heterocycles. The minimum Gasteiger partial charge on any atom is -0.368 e. The Labute approximate surface area is 126 Å². The van der Waals surface area contributed by atoms with Crippen LogP contribution in [0.1, 0.15) is 75.4 Å². The Bertz CT molecular complexity index is 407. The molecule has 0 aromatic carbocycles. The van der Waals surface area contributed by atoms with Crippen molar-refractivity contribution >= 4 is 0 Å². The fraction of sp³-hybridized carbons (Fsp3) is 0.875. The maximum atomic E-state index is 5.88. The van der Waals surface area contributed by atoms with Gasteiger partial charge in [0.05, 0.1) is 6.10 Å². The zero-order valence-corrected chi connectivity index (χ0v) is 12.9. The second-order valence-electron chi connectivity index (χ2n) is 6.35. The van der Waals surface area contributed by atoms with Crippen LogP contribution in [0.25, 0.3) is 0 Å². The molecule has 0 spiro atoms. The van der Waals surface area contributed by atoms with E-state index in [1.54, 1.807) is 0 Å². The van der Waals surface area contributed by atoms with E-state index in [0.29, 0.717) is 24.5 Å². The van der Waals surface area contributed by atoms with Crippen molar-refractivity contribution in [1.82, 2.24) is 15.5 Å². The molecule has 1 saturated carbocycles. The van der Waals surface area contributed by atoms with Crippen LogP contribution in [0.4, 0.5) is 0 Å². The van der Waals surface area contributed by atoms with E-state index in [2.05, 4.69) is 15.5 Å². The third-order valence-corrected chi connectivity index (χ3v) is 4.68. The normalized spacial score (nSPS) is 22.9. The van der Waals surface area contributed by atoms with Gasteiger partial charge >= 0.3 is 0 Å². The predicted octanol–water partition coefficient (Wildman–Crippen LogP) is 3.17. The van der Waals surface area contributed by atoms with Gasteiger partial charge in [0.25, 0.3) is 5.89 Å². The van der Waals surface area contributed by atoms with Gasteiger partial charge in [0.15, 0.2) is 5.82 Å². The van der Waals surface area contributed by atoms with Crippen LogP contribution < -0.4 is 5.32 Å². The highest BCUT2D eigenvalue weighted by atomic mass is 16.5. The summed E-state index contributed by atoms with van der Waals surface area (Å²) >= 11 is 0. The summed E-state index contributed by atoms with van der Waals surface area (Å²) in [5.74, 6) is 2.04. The molecule has 1 N–H and O–H groups in total. The molecule has 3 rings (SSSR count). The number of hydrogen-bond donors (Lipinski definition) is 1. The summed E-state index contributed by atoms with van der Waals surface area (Å²) in [6.07, 6.45) is 11.5. The molecule has 1 aliphatic heterocycles. The summed E-state index contributed by atoms with van der Waals surface area (Å²) in [5.41, 5.74) is 0. The van der Waals surface area contributed by atoms with Crippen molar-refractivity contribution in [3.05, 3.63) is 11.7 Å². The van der Waals surface area contributed by atoms with E-state index in [4.69, 9.17) is 9.26 Å². The van der Waals surface area contributed by atoms with Gasteiger partial charge in [-0.2, -0.15) is 4.98 Å². The third-order valence-electron chi connectivity index (χ3n) is 4.68. The Morgan fingerprint density at radius 3 is 2.48 bits per heavy atom. The van der Waals surface area contributed by atoms with Crippen molar-refractivity contribution in [2.24, 2.45) is 0 Å². The van der Waals surface area contributed by atoms with Gasteiger partial charge in [-0.05, 0) is 38.8 Å². The quantitative estimate of drug-likeness (QED) is 0.924. The van der Waals surface area contributed by atoms with Crippen LogP contribution in [0.5, 0.6) is 0 Å². The molecule has 0 unspecified atom stereocenters. The summed E-state index contributed by atoms with van der Waals surface area (Å²) < 4.78 is 11.3. The van der Waals surface area contributed by atoms with E-state index in [1.165, 1.54) is 44.9 Å². The van der Waals surface area contributed by atoms with Gasteiger partial charge in [-0.25, -0.2) is 0 Å². The molecular weight excluding hydrogens is 266 g/mol. The lowest BCUT2D eigenvalue weighted by Gasteiger charge is -2.22. The lowest BCUT2D eigenvalue weighted by molar-refractivity contribution is 0.00859. The topological polar surface area (TPSA) is 60.2 Å². The molecule has 0 amide bonds. The molecule has 5 heteroatoms. The lowest BCUT2D eigenvalue weighted by atomic mass is 9.91. The van der Waals surface area contributed by atoms with Gasteiger partial charge in [-0.15, -0.1) is 0 Å². The van der Waals surface area contributed by atoms with Crippen LogP contribution in [-0.4, -0.2) is 29.3 Å². The summed E-state index contributed by atoms with van der Waals surface area (Å²) in [4.78, 5) is 4.57. The molecular formula is C16H27N3O2. The molecule has 2 fully saturated rings. The fourth-order valence-corrected chi connectivity index (χ4v) is 3.36. The summed E-state index contributed by atoms with van der Waals surface area (Å²) in [6.45, 7) is 2.55. The fourth-order valence-electron chi connectivity index (χ4n) is 3.36. The Morgan fingerprint density at radius 1 is 1.00 bits per heavy atom. The Morgan fingerprint density at radius 2 is 1.71 bits per heavy atom. The number of ether oxygens (including phenoxy) is 1. The van der Waals surface area contributed by atoms with E-state index in [9.17, 15) is 0 Å². The highest BCUT2D eigenvalue weighted by Crippen LogP contribution is 2.29. The first kappa shape index (κ1) is 15.0. The molecule has 0 atom stereocenters. The van der Waals surface area contributed by atoms with E-state index >= 15 is 0 Å². The number of hydrogen-bond acceptors (Lipinski definition) is 5. The number of aromatic nitrogens is 2. The summed E-state index contributed by atoms with van der Waals surface area (Å²) in [6, 6.07) is 0. The lowest BCUT2D eigenvalue weighted by Crippen LogP contribution is -2.32. The van der Waals surface area contributed by atoms with Crippen LogP contribution in [-0.2, 0) is 11.3 Å². The van der Waals surface area contributed by atoms with Crippen molar-refractivity contribution in [1.29, 1.82) is 0 Å².